The topological polar surface area (TPSA) is 84.6 Å². The first-order chi connectivity index (χ1) is 13.8. The van der Waals surface area contributed by atoms with Crippen LogP contribution >= 0.6 is 0 Å². The lowest BCUT2D eigenvalue weighted by Gasteiger charge is -2.28. The number of nitrogens with two attached hydrogens (primary N) is 2. The molecule has 2 aromatic rings. The highest BCUT2D eigenvalue weighted by molar-refractivity contribution is 6.03. The van der Waals surface area contributed by atoms with Crippen LogP contribution in [0.2, 0.25) is 0 Å². The molecule has 0 amide bonds. The quantitative estimate of drug-likeness (QED) is 0.501. The van der Waals surface area contributed by atoms with Gasteiger partial charge in [-0.2, -0.15) is 4.99 Å². The average molecular weight is 408 g/mol. The van der Waals surface area contributed by atoms with Crippen LogP contribution in [-0.2, 0) is 10.8 Å². The van der Waals surface area contributed by atoms with Gasteiger partial charge in [-0.15, -0.1) is 0 Å². The Kier molecular flexibility index (Phi) is 5.34. The molecule has 1 aliphatic rings. The molecule has 0 saturated carbocycles. The second-order valence-corrected chi connectivity index (χ2v) is 10.3. The molecule has 160 valence electrons. The summed E-state index contributed by atoms with van der Waals surface area (Å²) >= 11 is 0. The van der Waals surface area contributed by atoms with Gasteiger partial charge >= 0.3 is 0 Å². The summed E-state index contributed by atoms with van der Waals surface area (Å²) in [6, 6.07) is 11.9. The van der Waals surface area contributed by atoms with E-state index in [2.05, 4.69) is 66.9 Å². The number of amidine groups is 1. The minimum absolute atomic E-state index is 0.200. The first-order valence-electron chi connectivity index (χ1n) is 10.4. The van der Waals surface area contributed by atoms with Gasteiger partial charge in [-0.1, -0.05) is 41.5 Å². The van der Waals surface area contributed by atoms with Gasteiger partial charge in [-0.25, -0.2) is 4.48 Å². The maximum absolute atomic E-state index is 11.0. The number of benzene rings is 2. The number of aliphatic imine (C=N–C) groups is 1. The molecule has 1 heterocycles. The summed E-state index contributed by atoms with van der Waals surface area (Å²) in [6.45, 7) is 13.0. The second-order valence-electron chi connectivity index (χ2n) is 10.3. The zero-order valence-corrected chi connectivity index (χ0v) is 19.2. The summed E-state index contributed by atoms with van der Waals surface area (Å²) in [4.78, 5) is 4.92. The van der Waals surface area contributed by atoms with E-state index in [-0.39, 0.29) is 10.8 Å². The lowest BCUT2D eigenvalue weighted by molar-refractivity contribution is 0.423. The number of quaternary nitrogens is 1. The predicted octanol–water partition coefficient (Wildman–Crippen LogP) is 4.88. The van der Waals surface area contributed by atoms with Crippen LogP contribution in [0, 0.1) is 0 Å². The summed E-state index contributed by atoms with van der Waals surface area (Å²) < 4.78 is 0.405. The predicted molar refractivity (Wildman–Crippen MR) is 129 cm³/mol. The van der Waals surface area contributed by atoms with E-state index in [1.807, 2.05) is 24.3 Å². The van der Waals surface area contributed by atoms with Crippen LogP contribution in [0.1, 0.15) is 58.2 Å². The van der Waals surface area contributed by atoms with Gasteiger partial charge in [0.25, 0.3) is 0 Å². The molecular formula is C25H35N4O+. The van der Waals surface area contributed by atoms with Crippen LogP contribution < -0.4 is 16.0 Å². The zero-order chi connectivity index (χ0) is 22.5. The number of nitrogens with zero attached hydrogens (tertiary/aromatic N) is 2. The van der Waals surface area contributed by atoms with Crippen LogP contribution in [0.3, 0.4) is 0 Å². The van der Waals surface area contributed by atoms with Crippen LogP contribution in [0.4, 0.5) is 11.4 Å². The van der Waals surface area contributed by atoms with Crippen LogP contribution in [0.5, 0.6) is 5.75 Å². The van der Waals surface area contributed by atoms with Crippen molar-refractivity contribution in [1.29, 1.82) is 0 Å². The lowest BCUT2D eigenvalue weighted by atomic mass is 9.78. The van der Waals surface area contributed by atoms with Crippen molar-refractivity contribution in [2.24, 2.45) is 10.7 Å². The van der Waals surface area contributed by atoms with Gasteiger partial charge in [-0.3, -0.25) is 0 Å². The minimum atomic E-state index is -0.200. The third-order valence-corrected chi connectivity index (χ3v) is 5.80. The standard InChI is InChI=1S/C25H34N4O/c1-24(2,3)19-12-16(13-20(23(19)30)25(4,5)6)21-15-29(7,22(14-26)28-21)18-10-8-17(27)9-11-18/h8-13,15H,14,26-27H2,1-7H3/p+1. The molecule has 0 bridgehead atoms. The fourth-order valence-corrected chi connectivity index (χ4v) is 3.90. The molecule has 0 aliphatic carbocycles. The molecule has 0 saturated heterocycles. The Balaban J connectivity index is 2.22. The summed E-state index contributed by atoms with van der Waals surface area (Å²) in [6.07, 6.45) is 2.12. The first kappa shape index (κ1) is 22.1. The SMILES string of the molecule is CC(C)(C)c1cc(C2=C[N+](C)(c3ccc(N)cc3)C(CN)=N2)cc(C(C)(C)C)c1O. The average Bonchev–Trinajstić information content (AvgIpc) is 2.98. The van der Waals surface area contributed by atoms with Crippen molar-refractivity contribution in [2.45, 2.75) is 52.4 Å². The van der Waals surface area contributed by atoms with Crippen LogP contribution in [0.15, 0.2) is 47.6 Å². The molecule has 0 aromatic heterocycles. The van der Waals surface area contributed by atoms with Gasteiger partial charge in [0.2, 0.25) is 5.84 Å². The number of nitrogen functional groups attached to an aromatic ring is 1. The number of hydrogen-bond donors (Lipinski definition) is 3. The Hall–Kier alpha value is -2.63. The van der Waals surface area contributed by atoms with Gasteiger partial charge in [0.15, 0.2) is 0 Å². The number of anilines is 1. The zero-order valence-electron chi connectivity index (χ0n) is 19.2. The number of hydrogen-bond acceptors (Lipinski definition) is 4. The summed E-state index contributed by atoms with van der Waals surface area (Å²) in [5.41, 5.74) is 17.1. The third-order valence-electron chi connectivity index (χ3n) is 5.80. The van der Waals surface area contributed by atoms with Gasteiger partial charge in [0.1, 0.15) is 23.3 Å². The Labute approximate surface area is 180 Å². The Morgan fingerprint density at radius 2 is 1.43 bits per heavy atom. The van der Waals surface area contributed by atoms with Crippen molar-refractivity contribution < 1.29 is 5.11 Å². The molecule has 5 nitrogen and oxygen atoms in total. The number of phenols is 1. The first-order valence-corrected chi connectivity index (χ1v) is 10.4. The van der Waals surface area contributed by atoms with Gasteiger partial charge < -0.3 is 16.6 Å². The fraction of sp³-hybridized carbons (Fsp3) is 0.400. The summed E-state index contributed by atoms with van der Waals surface area (Å²) in [5.74, 6) is 1.23. The van der Waals surface area contributed by atoms with Crippen LogP contribution in [0.25, 0.3) is 5.70 Å². The minimum Gasteiger partial charge on any atom is -0.507 e. The molecule has 0 radical (unpaired) electrons. The van der Waals surface area contributed by atoms with E-state index in [0.29, 0.717) is 16.8 Å². The number of phenolic OH excluding ortho intramolecular Hbond substituents is 1. The van der Waals surface area contributed by atoms with E-state index < -0.39 is 0 Å². The number of likely N-dealkylation sites (N-methyl/N-ethyl adjacent to an activating group) is 1. The van der Waals surface area contributed by atoms with E-state index in [1.54, 1.807) is 0 Å². The van der Waals surface area contributed by atoms with Crippen molar-refractivity contribution in [1.82, 2.24) is 4.48 Å². The van der Waals surface area contributed by atoms with Crippen LogP contribution in [-0.4, -0.2) is 24.5 Å². The molecule has 1 unspecified atom stereocenters. The maximum atomic E-state index is 11.0. The van der Waals surface area contributed by atoms with Crippen molar-refractivity contribution in [3.05, 3.63) is 59.3 Å². The van der Waals surface area contributed by atoms with Crippen molar-refractivity contribution in [3.63, 3.8) is 0 Å². The third kappa shape index (κ3) is 3.87. The van der Waals surface area contributed by atoms with Crippen molar-refractivity contribution >= 4 is 22.9 Å². The summed E-state index contributed by atoms with van der Waals surface area (Å²) in [7, 11) is 2.08. The molecule has 1 atom stereocenters. The molecule has 5 N–H and O–H groups in total. The lowest BCUT2D eigenvalue weighted by Crippen LogP contribution is -2.47. The van der Waals surface area contributed by atoms with E-state index in [1.165, 1.54) is 0 Å². The molecule has 0 fully saturated rings. The second kappa shape index (κ2) is 7.25. The molecular weight excluding hydrogens is 372 g/mol. The molecule has 1 aliphatic heterocycles. The highest BCUT2D eigenvalue weighted by atomic mass is 16.3. The van der Waals surface area contributed by atoms with Gasteiger partial charge in [0.05, 0.1) is 13.6 Å². The Bertz CT molecular complexity index is 986. The summed E-state index contributed by atoms with van der Waals surface area (Å²) in [5, 5.41) is 11.0. The highest BCUT2D eigenvalue weighted by Gasteiger charge is 2.37. The van der Waals surface area contributed by atoms with E-state index in [9.17, 15) is 5.11 Å². The smallest absolute Gasteiger partial charge is 0.227 e. The largest absolute Gasteiger partial charge is 0.507 e. The normalized spacial score (nSPS) is 19.6. The van der Waals surface area contributed by atoms with Gasteiger partial charge in [-0.05, 0) is 35.1 Å². The monoisotopic (exact) mass is 407 g/mol. The Morgan fingerprint density at radius 3 is 1.87 bits per heavy atom. The number of aromatic hydroxyl groups is 1. The Morgan fingerprint density at radius 1 is 0.933 bits per heavy atom. The maximum Gasteiger partial charge on any atom is 0.227 e. The molecule has 2 aromatic carbocycles. The van der Waals surface area contributed by atoms with Crippen molar-refractivity contribution in [3.8, 4) is 5.75 Å². The van der Waals surface area contributed by atoms with Crippen molar-refractivity contribution in [2.75, 3.05) is 19.3 Å². The fourth-order valence-electron chi connectivity index (χ4n) is 3.90. The molecule has 30 heavy (non-hydrogen) atoms. The highest BCUT2D eigenvalue weighted by Crippen LogP contribution is 2.42. The molecule has 0 spiro atoms. The van der Waals surface area contributed by atoms with Gasteiger partial charge in [0, 0.05) is 34.5 Å². The number of rotatable bonds is 3. The van der Waals surface area contributed by atoms with E-state index >= 15 is 0 Å². The van der Waals surface area contributed by atoms with E-state index in [4.69, 9.17) is 16.5 Å². The van der Waals surface area contributed by atoms with E-state index in [0.717, 1.165) is 39.6 Å². The molecule has 3 rings (SSSR count). The molecule has 5 heteroatoms.